The Bertz CT molecular complexity index is 1980. The lowest BCUT2D eigenvalue weighted by atomic mass is 9.84. The Morgan fingerprint density at radius 3 is 1.16 bits per heavy atom. The van der Waals surface area contributed by atoms with E-state index in [0.717, 1.165) is 60.1 Å². The molecule has 6 aliphatic rings. The monoisotopic (exact) mass is 849 g/mol. The van der Waals surface area contributed by atoms with Gasteiger partial charge < -0.3 is 26.0 Å². The smallest absolute Gasteiger partial charge is 0.315 e. The molecule has 4 heterocycles. The minimum Gasteiger partial charge on any atom is -0.457 e. The zero-order valence-corrected chi connectivity index (χ0v) is 37.4. The maximum Gasteiger partial charge on any atom is 0.315 e. The highest BCUT2D eigenvalue weighted by Gasteiger charge is 2.44. The molecular weight excluding hydrogens is 781 g/mol. The maximum atomic E-state index is 13.0. The van der Waals surface area contributed by atoms with Gasteiger partial charge in [0.1, 0.15) is 11.5 Å². The van der Waals surface area contributed by atoms with E-state index >= 15 is 0 Å². The molecule has 9 nitrogen and oxygen atoms in total. The molecule has 2 saturated carbocycles. The number of carbonyl (C=O) groups is 2. The first kappa shape index (κ1) is 42.1. The summed E-state index contributed by atoms with van der Waals surface area (Å²) in [6.45, 7) is 6.43. The first-order chi connectivity index (χ1) is 30.8. The largest absolute Gasteiger partial charge is 0.457 e. The molecular formula is C54H68N6O3. The van der Waals surface area contributed by atoms with Crippen molar-refractivity contribution in [3.05, 3.63) is 130 Å². The highest BCUT2D eigenvalue weighted by Crippen LogP contribution is 2.54. The molecule has 4 aromatic carbocycles. The van der Waals surface area contributed by atoms with Gasteiger partial charge in [-0.15, -0.1) is 0 Å². The molecule has 4 bridgehead atoms. The van der Waals surface area contributed by atoms with E-state index in [4.69, 9.17) is 4.74 Å². The van der Waals surface area contributed by atoms with Crippen molar-refractivity contribution < 1.29 is 14.3 Å². The topological polar surface area (TPSA) is 98.0 Å². The quantitative estimate of drug-likeness (QED) is 0.101. The highest BCUT2D eigenvalue weighted by molar-refractivity contribution is 5.75. The van der Waals surface area contributed by atoms with E-state index in [-0.39, 0.29) is 36.2 Å². The Hall–Kier alpha value is -4.86. The fourth-order valence-electron chi connectivity index (χ4n) is 12.6. The van der Waals surface area contributed by atoms with Gasteiger partial charge >= 0.3 is 12.1 Å². The molecule has 0 aromatic heterocycles. The Labute approximate surface area is 375 Å². The molecule has 9 heteroatoms. The fraction of sp³-hybridized carbons (Fsp3) is 0.519. The molecule has 4 N–H and O–H groups in total. The normalized spacial score (nSPS) is 28.2. The zero-order chi connectivity index (χ0) is 42.9. The van der Waals surface area contributed by atoms with E-state index in [1.165, 1.54) is 77.3 Å². The van der Waals surface area contributed by atoms with Crippen LogP contribution in [0.1, 0.15) is 173 Å². The van der Waals surface area contributed by atoms with E-state index in [0.29, 0.717) is 24.2 Å². The maximum absolute atomic E-state index is 13.0. The number of amides is 4. The van der Waals surface area contributed by atoms with E-state index in [2.05, 4.69) is 79.6 Å². The van der Waals surface area contributed by atoms with Gasteiger partial charge in [0.15, 0.2) is 0 Å². The molecule has 3 unspecified atom stereocenters. The van der Waals surface area contributed by atoms with E-state index in [1.54, 1.807) is 22.3 Å². The van der Waals surface area contributed by atoms with Gasteiger partial charge in [-0.05, 0) is 186 Å². The van der Waals surface area contributed by atoms with Gasteiger partial charge in [0.05, 0.1) is 12.1 Å². The predicted molar refractivity (Wildman–Crippen MR) is 250 cm³/mol. The van der Waals surface area contributed by atoms with Crippen LogP contribution in [-0.2, 0) is 0 Å². The molecule has 2 aliphatic carbocycles. The minimum atomic E-state index is -0.130. The molecule has 4 amide bonds. The van der Waals surface area contributed by atoms with Gasteiger partial charge in [-0.2, -0.15) is 0 Å². The zero-order valence-electron chi connectivity index (χ0n) is 37.4. The summed E-state index contributed by atoms with van der Waals surface area (Å²) in [5, 5.41) is 12.8. The Balaban J connectivity index is 0.601. The van der Waals surface area contributed by atoms with Gasteiger partial charge in [-0.25, -0.2) is 9.59 Å². The molecule has 332 valence electrons. The van der Waals surface area contributed by atoms with Crippen LogP contribution in [0.3, 0.4) is 0 Å². The lowest BCUT2D eigenvalue weighted by molar-refractivity contribution is 0.185. The third-order valence-corrected chi connectivity index (χ3v) is 16.1. The summed E-state index contributed by atoms with van der Waals surface area (Å²) in [5.41, 5.74) is 8.32. The van der Waals surface area contributed by atoms with Crippen molar-refractivity contribution in [2.75, 3.05) is 13.1 Å². The number of hydrogen-bond donors (Lipinski definition) is 4. The van der Waals surface area contributed by atoms with Crippen LogP contribution in [0.4, 0.5) is 9.59 Å². The van der Waals surface area contributed by atoms with Gasteiger partial charge in [-0.1, -0.05) is 72.8 Å². The number of rotatable bonds is 14. The van der Waals surface area contributed by atoms with Gasteiger partial charge in [-0.3, -0.25) is 9.80 Å². The Morgan fingerprint density at radius 2 is 0.825 bits per heavy atom. The average Bonchev–Trinajstić information content (AvgIpc) is 4.07. The summed E-state index contributed by atoms with van der Waals surface area (Å²) < 4.78 is 6.17. The van der Waals surface area contributed by atoms with Crippen molar-refractivity contribution in [1.82, 2.24) is 31.1 Å². The average molecular weight is 849 g/mol. The molecule has 63 heavy (non-hydrogen) atoms. The van der Waals surface area contributed by atoms with Crippen LogP contribution < -0.4 is 26.0 Å². The highest BCUT2D eigenvalue weighted by atomic mass is 16.5. The summed E-state index contributed by atoms with van der Waals surface area (Å²) in [6, 6.07) is 36.5. The second-order valence-corrected chi connectivity index (χ2v) is 19.9. The van der Waals surface area contributed by atoms with Crippen LogP contribution >= 0.6 is 0 Å². The van der Waals surface area contributed by atoms with Crippen LogP contribution in [0, 0.1) is 11.8 Å². The van der Waals surface area contributed by atoms with Gasteiger partial charge in [0.2, 0.25) is 0 Å². The summed E-state index contributed by atoms with van der Waals surface area (Å²) in [4.78, 5) is 31.6. The molecule has 2 saturated heterocycles. The molecule has 0 spiro atoms. The van der Waals surface area contributed by atoms with Gasteiger partial charge in [0, 0.05) is 36.3 Å². The first-order valence-corrected chi connectivity index (χ1v) is 24.5. The van der Waals surface area contributed by atoms with Crippen molar-refractivity contribution >= 4 is 12.1 Å². The number of urea groups is 2. The van der Waals surface area contributed by atoms with E-state index in [9.17, 15) is 9.59 Å². The third kappa shape index (κ3) is 9.24. The number of nitrogens with one attached hydrogen (secondary N) is 4. The second kappa shape index (κ2) is 18.7. The first-order valence-electron chi connectivity index (χ1n) is 24.5. The van der Waals surface area contributed by atoms with Crippen molar-refractivity contribution in [3.63, 3.8) is 0 Å². The van der Waals surface area contributed by atoms with Crippen molar-refractivity contribution in [1.29, 1.82) is 0 Å². The Morgan fingerprint density at radius 1 is 0.492 bits per heavy atom. The van der Waals surface area contributed by atoms with Crippen LogP contribution in [0.2, 0.25) is 0 Å². The van der Waals surface area contributed by atoms with Crippen molar-refractivity contribution in [3.8, 4) is 11.5 Å². The Kier molecular flexibility index (Phi) is 12.5. The molecule has 0 radical (unpaired) electrons. The molecule has 10 rings (SSSR count). The fourth-order valence-corrected chi connectivity index (χ4v) is 12.6. The number of fused-ring (bicyclic) bond motifs is 10. The number of ether oxygens (including phenoxy) is 1. The van der Waals surface area contributed by atoms with E-state index < -0.39 is 0 Å². The number of hydrogen-bond acceptors (Lipinski definition) is 5. The summed E-state index contributed by atoms with van der Waals surface area (Å²) in [7, 11) is 0. The van der Waals surface area contributed by atoms with Crippen LogP contribution in [0.15, 0.2) is 97.1 Å². The lowest BCUT2D eigenvalue weighted by Crippen LogP contribution is -2.44. The molecule has 4 fully saturated rings. The third-order valence-electron chi connectivity index (χ3n) is 16.1. The summed E-state index contributed by atoms with van der Waals surface area (Å²) in [6.07, 6.45) is 16.7. The van der Waals surface area contributed by atoms with Crippen LogP contribution in [-0.4, -0.2) is 47.0 Å². The lowest BCUT2D eigenvalue weighted by Gasteiger charge is -2.31. The number of nitrogens with zero attached hydrogens (tertiary/aromatic N) is 2. The number of carbonyl (C=O) groups excluding carboxylic acids is 2. The standard InChI is InChI=1S/C54H68N6O3/c1-35(55-53(61)57-41-19-11-37(12-20-41)31-33-59-49-27-28-50(59)46-8-4-3-7-45(46)49)39-15-23-43(24-16-39)63-44-25-17-40(18-26-44)36(2)56-54(62)58-42-21-13-38(14-22-42)32-34-60-51-29-30-52(60)48-10-6-5-9-47(48)51/h3-10,15-18,23-26,35-38,41-42,49-52H,11-14,19-22,27-34H2,1-2H3,(H2,55,57,61)(H2,56,58,62)/t35?,36?,37?,38?,41?,42?,49-,50+,51-,52?/m1/s1. The van der Waals surface area contributed by atoms with Gasteiger partial charge in [0.25, 0.3) is 0 Å². The van der Waals surface area contributed by atoms with E-state index in [1.807, 2.05) is 62.4 Å². The van der Waals surface area contributed by atoms with Crippen LogP contribution in [0.5, 0.6) is 11.5 Å². The molecule has 6 atom stereocenters. The van der Waals surface area contributed by atoms with Crippen LogP contribution in [0.25, 0.3) is 0 Å². The van der Waals surface area contributed by atoms with Crippen molar-refractivity contribution in [2.24, 2.45) is 11.8 Å². The summed E-state index contributed by atoms with van der Waals surface area (Å²) >= 11 is 0. The van der Waals surface area contributed by atoms with Crippen molar-refractivity contribution in [2.45, 2.75) is 152 Å². The second-order valence-electron chi connectivity index (χ2n) is 19.9. The molecule has 4 aliphatic heterocycles. The number of benzene rings is 4. The SMILES string of the molecule is CC(NC(=O)NC1CCC(CCN2C3CC[C@@H]2c2ccccc23)CC1)c1ccc(Oc2ccc(C(C)NC(=O)NC3CCC(CCN4[C@@H]5CC[C@H]4c4ccccc45)CC3)cc2)cc1. The molecule has 4 aromatic rings. The minimum absolute atomic E-state index is 0.0942. The predicted octanol–water partition coefficient (Wildman–Crippen LogP) is 11.9. The summed E-state index contributed by atoms with van der Waals surface area (Å²) in [5.74, 6) is 2.96.